The van der Waals surface area contributed by atoms with Crippen LogP contribution in [0.4, 0.5) is 0 Å². The molecule has 0 saturated carbocycles. The highest BCUT2D eigenvalue weighted by molar-refractivity contribution is 6.04. The van der Waals surface area contributed by atoms with Crippen LogP contribution in [0.3, 0.4) is 0 Å². The van der Waals surface area contributed by atoms with E-state index in [0.717, 1.165) is 0 Å². The summed E-state index contributed by atoms with van der Waals surface area (Å²) in [5.41, 5.74) is 5.99. The number of nitrogens with two attached hydrogens (primary N) is 1. The second-order valence-corrected chi connectivity index (χ2v) is 4.36. The van der Waals surface area contributed by atoms with Crippen LogP contribution in [-0.4, -0.2) is 30.0 Å². The van der Waals surface area contributed by atoms with Crippen molar-refractivity contribution in [2.75, 3.05) is 7.11 Å². The third-order valence-corrected chi connectivity index (χ3v) is 2.70. The van der Waals surface area contributed by atoms with E-state index in [1.54, 1.807) is 0 Å². The molecule has 0 heterocycles. The van der Waals surface area contributed by atoms with E-state index in [2.05, 4.69) is 4.74 Å². The third kappa shape index (κ3) is 2.87. The number of carbonyl (C=O) groups excluding carboxylic acids is 2. The number of phenols is 1. The molecule has 1 atom stereocenters. The second-order valence-electron chi connectivity index (χ2n) is 4.36. The average Bonchev–Trinajstić information content (AvgIpc) is 2.36. The Bertz CT molecular complexity index is 468. The Balaban J connectivity index is 3.15. The number of esters is 1. The van der Waals surface area contributed by atoms with Crippen molar-refractivity contribution in [3.63, 3.8) is 0 Å². The Morgan fingerprint density at radius 1 is 1.33 bits per heavy atom. The van der Waals surface area contributed by atoms with Crippen LogP contribution in [0.15, 0.2) is 18.2 Å². The fraction of sp³-hybridized carbons (Fsp3) is 0.385. The van der Waals surface area contributed by atoms with Crippen LogP contribution in [-0.2, 0) is 4.74 Å². The Kier molecular flexibility index (Phi) is 4.44. The predicted molar refractivity (Wildman–Crippen MR) is 66.6 cm³/mol. The lowest BCUT2D eigenvalue weighted by atomic mass is 9.94. The summed E-state index contributed by atoms with van der Waals surface area (Å²) in [6.07, 6.45) is 0. The molecule has 0 bridgehead atoms. The summed E-state index contributed by atoms with van der Waals surface area (Å²) >= 11 is 0. The van der Waals surface area contributed by atoms with E-state index in [1.165, 1.54) is 25.3 Å². The van der Waals surface area contributed by atoms with Crippen LogP contribution >= 0.6 is 0 Å². The molecule has 1 aromatic carbocycles. The van der Waals surface area contributed by atoms with Gasteiger partial charge in [-0.1, -0.05) is 13.8 Å². The minimum absolute atomic E-state index is 0.0408. The van der Waals surface area contributed by atoms with Crippen molar-refractivity contribution >= 4 is 11.8 Å². The van der Waals surface area contributed by atoms with Crippen LogP contribution in [0.2, 0.25) is 0 Å². The monoisotopic (exact) mass is 251 g/mol. The fourth-order valence-electron chi connectivity index (χ4n) is 1.46. The van der Waals surface area contributed by atoms with Gasteiger partial charge >= 0.3 is 5.97 Å². The molecule has 0 aliphatic rings. The number of rotatable bonds is 4. The number of ether oxygens (including phenoxy) is 1. The van der Waals surface area contributed by atoms with Gasteiger partial charge < -0.3 is 15.6 Å². The van der Waals surface area contributed by atoms with E-state index in [0.29, 0.717) is 0 Å². The molecule has 5 nitrogen and oxygen atoms in total. The van der Waals surface area contributed by atoms with E-state index in [9.17, 15) is 14.7 Å². The van der Waals surface area contributed by atoms with E-state index < -0.39 is 17.8 Å². The third-order valence-electron chi connectivity index (χ3n) is 2.70. The number of aromatic hydroxyl groups is 1. The Morgan fingerprint density at radius 3 is 2.44 bits per heavy atom. The standard InChI is InChI=1S/C13H17NO4/c1-7(2)11(14)12(16)9-6-8(13(17)18-3)4-5-10(9)15/h4-7,11,15H,14H2,1-3H3/t11-/m0/s1. The first-order valence-electron chi connectivity index (χ1n) is 5.59. The first-order valence-corrected chi connectivity index (χ1v) is 5.59. The lowest BCUT2D eigenvalue weighted by Gasteiger charge is -2.15. The summed E-state index contributed by atoms with van der Waals surface area (Å²) in [5.74, 6) is -1.21. The molecule has 0 unspecified atom stereocenters. The second kappa shape index (κ2) is 5.64. The number of Topliss-reactive ketones (excluding diaryl/α,β-unsaturated/α-hetero) is 1. The molecule has 0 saturated heterocycles. The van der Waals surface area contributed by atoms with Gasteiger partial charge in [-0.15, -0.1) is 0 Å². The Hall–Kier alpha value is -1.88. The van der Waals surface area contributed by atoms with Gasteiger partial charge in [0.1, 0.15) is 5.75 Å². The number of methoxy groups -OCH3 is 1. The van der Waals surface area contributed by atoms with Gasteiger partial charge in [-0.3, -0.25) is 4.79 Å². The highest BCUT2D eigenvalue weighted by Crippen LogP contribution is 2.21. The van der Waals surface area contributed by atoms with Gasteiger partial charge in [-0.05, 0) is 24.1 Å². The van der Waals surface area contributed by atoms with Gasteiger partial charge in [0.05, 0.1) is 24.3 Å². The molecule has 5 heteroatoms. The fourth-order valence-corrected chi connectivity index (χ4v) is 1.46. The van der Waals surface area contributed by atoms with Gasteiger partial charge in [0.15, 0.2) is 5.78 Å². The summed E-state index contributed by atoms with van der Waals surface area (Å²) < 4.78 is 4.56. The largest absolute Gasteiger partial charge is 0.507 e. The number of hydrogen-bond donors (Lipinski definition) is 2. The lowest BCUT2D eigenvalue weighted by molar-refractivity contribution is 0.0600. The van der Waals surface area contributed by atoms with Gasteiger partial charge in [-0.2, -0.15) is 0 Å². The molecule has 0 aliphatic carbocycles. The highest BCUT2D eigenvalue weighted by Gasteiger charge is 2.23. The molecule has 1 rings (SSSR count). The number of ketones is 1. The lowest BCUT2D eigenvalue weighted by Crippen LogP contribution is -2.35. The van der Waals surface area contributed by atoms with Crippen LogP contribution in [0, 0.1) is 5.92 Å². The quantitative estimate of drug-likeness (QED) is 0.622. The van der Waals surface area contributed by atoms with Crippen molar-refractivity contribution in [3.05, 3.63) is 29.3 Å². The van der Waals surface area contributed by atoms with E-state index in [1.807, 2.05) is 13.8 Å². The van der Waals surface area contributed by atoms with E-state index in [4.69, 9.17) is 5.73 Å². The zero-order valence-electron chi connectivity index (χ0n) is 10.6. The van der Waals surface area contributed by atoms with Crippen molar-refractivity contribution in [2.24, 2.45) is 11.7 Å². The summed E-state index contributed by atoms with van der Waals surface area (Å²) in [4.78, 5) is 23.4. The zero-order chi connectivity index (χ0) is 13.9. The molecule has 0 amide bonds. The van der Waals surface area contributed by atoms with Gasteiger partial charge in [-0.25, -0.2) is 4.79 Å². The molecule has 0 aromatic heterocycles. The molecular weight excluding hydrogens is 234 g/mol. The molecule has 1 aromatic rings. The molecule has 0 fully saturated rings. The molecule has 18 heavy (non-hydrogen) atoms. The van der Waals surface area contributed by atoms with Crippen LogP contribution in [0.25, 0.3) is 0 Å². The molecule has 3 N–H and O–H groups in total. The van der Waals surface area contributed by atoms with Crippen molar-refractivity contribution < 1.29 is 19.4 Å². The average molecular weight is 251 g/mol. The minimum Gasteiger partial charge on any atom is -0.507 e. The normalized spacial score (nSPS) is 12.3. The maximum atomic E-state index is 12.0. The number of carbonyl (C=O) groups is 2. The van der Waals surface area contributed by atoms with Crippen molar-refractivity contribution in [3.8, 4) is 5.75 Å². The topological polar surface area (TPSA) is 89.6 Å². The van der Waals surface area contributed by atoms with Crippen molar-refractivity contribution in [1.82, 2.24) is 0 Å². The van der Waals surface area contributed by atoms with Gasteiger partial charge in [0.25, 0.3) is 0 Å². The maximum absolute atomic E-state index is 12.0. The summed E-state index contributed by atoms with van der Waals surface area (Å²) in [7, 11) is 1.25. The van der Waals surface area contributed by atoms with Gasteiger partial charge in [0, 0.05) is 0 Å². The Labute approximate surface area is 106 Å². The molecule has 0 spiro atoms. The Morgan fingerprint density at radius 2 is 1.94 bits per heavy atom. The van der Waals surface area contributed by atoms with Crippen LogP contribution in [0.5, 0.6) is 5.75 Å². The predicted octanol–water partition coefficient (Wildman–Crippen LogP) is 1.34. The number of benzene rings is 1. The summed E-state index contributed by atoms with van der Waals surface area (Å²) in [6, 6.07) is 3.25. The molecular formula is C13H17NO4. The first kappa shape index (κ1) is 14.2. The van der Waals surface area contributed by atoms with Crippen molar-refractivity contribution in [1.29, 1.82) is 0 Å². The van der Waals surface area contributed by atoms with Crippen molar-refractivity contribution in [2.45, 2.75) is 19.9 Å². The maximum Gasteiger partial charge on any atom is 0.337 e. The number of phenolic OH excluding ortho intramolecular Hbond substituents is 1. The summed E-state index contributed by atoms with van der Waals surface area (Å²) in [6.45, 7) is 3.62. The molecule has 0 aliphatic heterocycles. The minimum atomic E-state index is -0.719. The highest BCUT2D eigenvalue weighted by atomic mass is 16.5. The van der Waals surface area contributed by atoms with Crippen LogP contribution < -0.4 is 5.73 Å². The first-order chi connectivity index (χ1) is 8.38. The molecule has 0 radical (unpaired) electrons. The van der Waals surface area contributed by atoms with Gasteiger partial charge in [0.2, 0.25) is 0 Å². The van der Waals surface area contributed by atoms with E-state index >= 15 is 0 Å². The summed E-state index contributed by atoms with van der Waals surface area (Å²) in [5, 5.41) is 9.66. The molecule has 98 valence electrons. The SMILES string of the molecule is COC(=O)c1ccc(O)c(C(=O)[C@@H](N)C(C)C)c1. The smallest absolute Gasteiger partial charge is 0.337 e. The number of hydrogen-bond acceptors (Lipinski definition) is 5. The van der Waals surface area contributed by atoms with Crippen LogP contribution in [0.1, 0.15) is 34.6 Å². The zero-order valence-corrected chi connectivity index (χ0v) is 10.6. The van der Waals surface area contributed by atoms with E-state index in [-0.39, 0.29) is 22.8 Å².